The second-order valence-corrected chi connectivity index (χ2v) is 3.86. The molecule has 0 saturated heterocycles. The molecule has 0 aliphatic rings. The highest BCUT2D eigenvalue weighted by Gasteiger charge is 2.13. The van der Waals surface area contributed by atoms with Gasteiger partial charge in [0.15, 0.2) is 0 Å². The molecular formula is C12H19FN2. The van der Waals surface area contributed by atoms with Gasteiger partial charge in [-0.2, -0.15) is 4.39 Å². The maximum Gasteiger partial charge on any atom is 0.214 e. The van der Waals surface area contributed by atoms with Crippen LogP contribution in [0.15, 0.2) is 18.2 Å². The highest BCUT2D eigenvalue weighted by molar-refractivity contribution is 5.34. The van der Waals surface area contributed by atoms with E-state index >= 15 is 0 Å². The topological polar surface area (TPSA) is 24.9 Å². The summed E-state index contributed by atoms with van der Waals surface area (Å²) in [5, 5.41) is 3.23. The quantitative estimate of drug-likeness (QED) is 0.753. The molecule has 0 spiro atoms. The van der Waals surface area contributed by atoms with Crippen molar-refractivity contribution in [2.75, 3.05) is 5.32 Å². The lowest BCUT2D eigenvalue weighted by Crippen LogP contribution is -2.25. The summed E-state index contributed by atoms with van der Waals surface area (Å²) in [4.78, 5) is 3.79. The van der Waals surface area contributed by atoms with E-state index in [1.807, 2.05) is 0 Å². The second-order valence-electron chi connectivity index (χ2n) is 3.86. The Bertz CT molecular complexity index is 297. The molecule has 0 fully saturated rings. The molecule has 0 bridgehead atoms. The Hall–Kier alpha value is -1.12. The molecule has 0 radical (unpaired) electrons. The van der Waals surface area contributed by atoms with E-state index in [0.29, 0.717) is 17.8 Å². The Kier molecular flexibility index (Phi) is 4.53. The molecule has 1 N–H and O–H groups in total. The summed E-state index contributed by atoms with van der Waals surface area (Å²) < 4.78 is 12.8. The highest BCUT2D eigenvalue weighted by atomic mass is 19.1. The van der Waals surface area contributed by atoms with Crippen LogP contribution in [0.1, 0.15) is 33.6 Å². The predicted molar refractivity (Wildman–Crippen MR) is 61.4 cm³/mol. The van der Waals surface area contributed by atoms with Crippen LogP contribution in [-0.4, -0.2) is 11.0 Å². The number of nitrogens with zero attached hydrogens (tertiary/aromatic N) is 1. The first-order valence-corrected chi connectivity index (χ1v) is 5.56. The molecule has 2 nitrogen and oxygen atoms in total. The standard InChI is InChI=1S/C12H19FN2/c1-4-10(5-2)9(3)14-12-8-6-7-11(13)15-12/h6-10H,4-5H2,1-3H3,(H,14,15). The lowest BCUT2D eigenvalue weighted by molar-refractivity contribution is 0.436. The molecule has 1 heterocycles. The average molecular weight is 210 g/mol. The smallest absolute Gasteiger partial charge is 0.214 e. The van der Waals surface area contributed by atoms with Crippen molar-refractivity contribution in [2.45, 2.75) is 39.7 Å². The van der Waals surface area contributed by atoms with E-state index in [4.69, 9.17) is 0 Å². The van der Waals surface area contributed by atoms with Gasteiger partial charge in [0.1, 0.15) is 5.82 Å². The van der Waals surface area contributed by atoms with Crippen molar-refractivity contribution in [2.24, 2.45) is 5.92 Å². The van der Waals surface area contributed by atoms with Gasteiger partial charge in [-0.15, -0.1) is 0 Å². The summed E-state index contributed by atoms with van der Waals surface area (Å²) in [5.74, 6) is 0.793. The monoisotopic (exact) mass is 210 g/mol. The molecule has 1 atom stereocenters. The fourth-order valence-electron chi connectivity index (χ4n) is 1.84. The lowest BCUT2D eigenvalue weighted by Gasteiger charge is -2.22. The Balaban J connectivity index is 2.61. The van der Waals surface area contributed by atoms with Crippen LogP contribution in [0.5, 0.6) is 0 Å². The predicted octanol–water partition coefficient (Wildman–Crippen LogP) is 3.46. The van der Waals surface area contributed by atoms with Gasteiger partial charge in [0, 0.05) is 6.04 Å². The van der Waals surface area contributed by atoms with Crippen LogP contribution >= 0.6 is 0 Å². The van der Waals surface area contributed by atoms with E-state index in [-0.39, 0.29) is 0 Å². The third-order valence-corrected chi connectivity index (χ3v) is 2.85. The molecule has 1 unspecified atom stereocenters. The Morgan fingerprint density at radius 1 is 1.33 bits per heavy atom. The van der Waals surface area contributed by atoms with Gasteiger partial charge in [0.05, 0.1) is 0 Å². The molecule has 1 rings (SSSR count). The number of aromatic nitrogens is 1. The first-order chi connectivity index (χ1) is 7.17. The van der Waals surface area contributed by atoms with Crippen LogP contribution in [0.25, 0.3) is 0 Å². The first-order valence-electron chi connectivity index (χ1n) is 5.56. The zero-order valence-corrected chi connectivity index (χ0v) is 9.63. The lowest BCUT2D eigenvalue weighted by atomic mass is 9.95. The summed E-state index contributed by atoms with van der Waals surface area (Å²) in [7, 11) is 0. The zero-order valence-electron chi connectivity index (χ0n) is 9.63. The average Bonchev–Trinajstić information content (AvgIpc) is 2.19. The van der Waals surface area contributed by atoms with E-state index < -0.39 is 5.95 Å². The van der Waals surface area contributed by atoms with Crippen LogP contribution in [-0.2, 0) is 0 Å². The van der Waals surface area contributed by atoms with Gasteiger partial charge in [-0.1, -0.05) is 32.8 Å². The zero-order chi connectivity index (χ0) is 11.3. The van der Waals surface area contributed by atoms with Crippen molar-refractivity contribution in [1.82, 2.24) is 4.98 Å². The van der Waals surface area contributed by atoms with E-state index in [1.54, 1.807) is 12.1 Å². The third-order valence-electron chi connectivity index (χ3n) is 2.85. The van der Waals surface area contributed by atoms with Crippen LogP contribution in [0.4, 0.5) is 10.2 Å². The summed E-state index contributed by atoms with van der Waals surface area (Å²) in [6.45, 7) is 6.46. The number of halogens is 1. The van der Waals surface area contributed by atoms with E-state index in [9.17, 15) is 4.39 Å². The molecule has 0 aliphatic carbocycles. The minimum Gasteiger partial charge on any atom is -0.367 e. The molecule has 0 amide bonds. The molecule has 84 valence electrons. The molecule has 0 saturated carbocycles. The third kappa shape index (κ3) is 3.50. The van der Waals surface area contributed by atoms with Crippen molar-refractivity contribution >= 4 is 5.82 Å². The van der Waals surface area contributed by atoms with Crippen molar-refractivity contribution < 1.29 is 4.39 Å². The van der Waals surface area contributed by atoms with E-state index in [1.165, 1.54) is 6.07 Å². The van der Waals surface area contributed by atoms with Gasteiger partial charge in [-0.3, -0.25) is 0 Å². The maximum absolute atomic E-state index is 12.8. The summed E-state index contributed by atoms with van der Waals surface area (Å²) >= 11 is 0. The van der Waals surface area contributed by atoms with E-state index in [0.717, 1.165) is 12.8 Å². The number of hydrogen-bond acceptors (Lipinski definition) is 2. The van der Waals surface area contributed by atoms with Gasteiger partial charge in [-0.25, -0.2) is 4.98 Å². The Morgan fingerprint density at radius 3 is 2.53 bits per heavy atom. The van der Waals surface area contributed by atoms with Gasteiger partial charge in [-0.05, 0) is 25.0 Å². The molecule has 15 heavy (non-hydrogen) atoms. The Labute approximate surface area is 90.9 Å². The number of anilines is 1. The largest absolute Gasteiger partial charge is 0.367 e. The Morgan fingerprint density at radius 2 is 2.00 bits per heavy atom. The molecule has 0 aliphatic heterocycles. The van der Waals surface area contributed by atoms with E-state index in [2.05, 4.69) is 31.1 Å². The van der Waals surface area contributed by atoms with Crippen LogP contribution in [0, 0.1) is 11.9 Å². The van der Waals surface area contributed by atoms with Crippen molar-refractivity contribution in [1.29, 1.82) is 0 Å². The molecule has 0 aromatic carbocycles. The normalized spacial score (nSPS) is 12.9. The number of hydrogen-bond donors (Lipinski definition) is 1. The number of nitrogens with one attached hydrogen (secondary N) is 1. The summed E-state index contributed by atoms with van der Waals surface area (Å²) in [6.07, 6.45) is 2.25. The van der Waals surface area contributed by atoms with Gasteiger partial charge < -0.3 is 5.32 Å². The minimum atomic E-state index is -0.434. The van der Waals surface area contributed by atoms with Gasteiger partial charge in [0.25, 0.3) is 0 Å². The van der Waals surface area contributed by atoms with Gasteiger partial charge in [0.2, 0.25) is 5.95 Å². The van der Waals surface area contributed by atoms with Crippen LogP contribution in [0.2, 0.25) is 0 Å². The van der Waals surface area contributed by atoms with Crippen molar-refractivity contribution in [3.63, 3.8) is 0 Å². The molecule has 1 aromatic rings. The van der Waals surface area contributed by atoms with Crippen LogP contribution in [0.3, 0.4) is 0 Å². The number of pyridine rings is 1. The summed E-state index contributed by atoms with van der Waals surface area (Å²) in [5.41, 5.74) is 0. The van der Waals surface area contributed by atoms with Crippen molar-refractivity contribution in [3.05, 3.63) is 24.1 Å². The second kappa shape index (κ2) is 5.69. The van der Waals surface area contributed by atoms with Crippen LogP contribution < -0.4 is 5.32 Å². The van der Waals surface area contributed by atoms with Gasteiger partial charge >= 0.3 is 0 Å². The SMILES string of the molecule is CCC(CC)C(C)Nc1cccc(F)n1. The molecule has 1 aromatic heterocycles. The fourth-order valence-corrected chi connectivity index (χ4v) is 1.84. The number of rotatable bonds is 5. The summed E-state index contributed by atoms with van der Waals surface area (Å²) in [6, 6.07) is 5.15. The highest BCUT2D eigenvalue weighted by Crippen LogP contribution is 2.16. The maximum atomic E-state index is 12.8. The minimum absolute atomic E-state index is 0.328. The molecular weight excluding hydrogens is 191 g/mol. The fraction of sp³-hybridized carbons (Fsp3) is 0.583. The van der Waals surface area contributed by atoms with Crippen molar-refractivity contribution in [3.8, 4) is 0 Å². The first kappa shape index (κ1) is 12.0. The molecule has 3 heteroatoms.